The van der Waals surface area contributed by atoms with Crippen LogP contribution in [-0.2, 0) is 15.4 Å². The quantitative estimate of drug-likeness (QED) is 0.756. The molecule has 4 aliphatic rings. The molecule has 2 saturated heterocycles. The third-order valence-electron chi connectivity index (χ3n) is 7.18. The second kappa shape index (κ2) is 5.83. The van der Waals surface area contributed by atoms with Gasteiger partial charge in [-0.05, 0) is 62.6 Å². The number of benzene rings is 2. The van der Waals surface area contributed by atoms with Crippen LogP contribution in [0.25, 0.3) is 0 Å². The minimum Gasteiger partial charge on any atom is -0.295 e. The highest BCUT2D eigenvalue weighted by molar-refractivity contribution is 7.93. The molecule has 0 radical (unpaired) electrons. The Morgan fingerprint density at radius 2 is 1.79 bits per heavy atom. The topological polar surface area (TPSA) is 40.6 Å². The molecular formula is C24H24N2O2S. The molecule has 2 aromatic carbocycles. The molecule has 0 bridgehead atoms. The molecule has 3 heterocycles. The molecule has 0 saturated carbocycles. The number of hydrogen-bond donors (Lipinski definition) is 0. The van der Waals surface area contributed by atoms with Crippen LogP contribution in [0.15, 0.2) is 76.8 Å². The lowest BCUT2D eigenvalue weighted by Gasteiger charge is -2.43. The monoisotopic (exact) mass is 404 g/mol. The Hall–Kier alpha value is -2.37. The molecule has 0 amide bonds. The molecule has 1 spiro atoms. The summed E-state index contributed by atoms with van der Waals surface area (Å²) in [7, 11) is -3.69. The lowest BCUT2D eigenvalue weighted by atomic mass is 9.67. The van der Waals surface area contributed by atoms with E-state index in [9.17, 15) is 8.42 Å². The first-order valence-corrected chi connectivity index (χ1v) is 11.8. The first-order valence-electron chi connectivity index (χ1n) is 10.4. The molecule has 148 valence electrons. The molecule has 6 rings (SSSR count). The zero-order chi connectivity index (χ0) is 19.8. The molecule has 2 aromatic rings. The highest BCUT2D eigenvalue weighted by Gasteiger charge is 2.61. The summed E-state index contributed by atoms with van der Waals surface area (Å²) in [6.07, 6.45) is 7.55. The van der Waals surface area contributed by atoms with Crippen LogP contribution in [0.5, 0.6) is 0 Å². The van der Waals surface area contributed by atoms with Gasteiger partial charge in [0.15, 0.2) is 0 Å². The third kappa shape index (κ3) is 2.15. The first kappa shape index (κ1) is 17.5. The van der Waals surface area contributed by atoms with Crippen molar-refractivity contribution in [1.29, 1.82) is 0 Å². The lowest BCUT2D eigenvalue weighted by Crippen LogP contribution is -2.49. The summed E-state index contributed by atoms with van der Waals surface area (Å²) in [5, 5.41) is 0. The molecule has 1 aliphatic carbocycles. The minimum atomic E-state index is -3.69. The first-order chi connectivity index (χ1) is 14.0. The van der Waals surface area contributed by atoms with Gasteiger partial charge in [-0.15, -0.1) is 0 Å². The van der Waals surface area contributed by atoms with Crippen molar-refractivity contribution in [3.63, 3.8) is 0 Å². The maximum absolute atomic E-state index is 13.8. The second-order valence-electron chi connectivity index (χ2n) is 8.66. The Morgan fingerprint density at radius 3 is 2.62 bits per heavy atom. The Bertz CT molecular complexity index is 1180. The SMILES string of the molecule is Cc1ccc(S(=O)(=O)N2C3=CC=C4CCCN5CC[C@@]3(c3ccccc32)[C@H]45)cc1. The number of piperidine rings is 1. The van der Waals surface area contributed by atoms with Crippen molar-refractivity contribution >= 4 is 15.7 Å². The van der Waals surface area contributed by atoms with E-state index in [1.54, 1.807) is 16.4 Å². The Balaban J connectivity index is 1.60. The minimum absolute atomic E-state index is 0.251. The number of sulfonamides is 1. The summed E-state index contributed by atoms with van der Waals surface area (Å²) in [5.74, 6) is 0. The largest absolute Gasteiger partial charge is 0.295 e. The second-order valence-corrected chi connectivity index (χ2v) is 10.4. The van der Waals surface area contributed by atoms with Gasteiger partial charge in [-0.2, -0.15) is 0 Å². The molecule has 0 unspecified atom stereocenters. The molecule has 3 aliphatic heterocycles. The van der Waals surface area contributed by atoms with Crippen molar-refractivity contribution < 1.29 is 8.42 Å². The maximum atomic E-state index is 13.8. The maximum Gasteiger partial charge on any atom is 0.268 e. The molecule has 0 aromatic heterocycles. The van der Waals surface area contributed by atoms with Gasteiger partial charge < -0.3 is 0 Å². The molecule has 5 heteroatoms. The van der Waals surface area contributed by atoms with Gasteiger partial charge in [0.25, 0.3) is 10.0 Å². The van der Waals surface area contributed by atoms with E-state index in [2.05, 4.69) is 29.2 Å². The van der Waals surface area contributed by atoms with Crippen molar-refractivity contribution in [2.24, 2.45) is 0 Å². The Morgan fingerprint density at radius 1 is 1.00 bits per heavy atom. The van der Waals surface area contributed by atoms with Crippen LogP contribution < -0.4 is 4.31 Å². The van der Waals surface area contributed by atoms with E-state index >= 15 is 0 Å². The van der Waals surface area contributed by atoms with Crippen molar-refractivity contribution in [3.05, 3.63) is 83.1 Å². The fourth-order valence-corrected chi connectivity index (χ4v) is 7.58. The predicted octanol–water partition coefficient (Wildman–Crippen LogP) is 4.13. The highest BCUT2D eigenvalue weighted by atomic mass is 32.2. The van der Waals surface area contributed by atoms with Crippen LogP contribution in [0.3, 0.4) is 0 Å². The van der Waals surface area contributed by atoms with Crippen LogP contribution in [0.4, 0.5) is 5.69 Å². The van der Waals surface area contributed by atoms with Gasteiger partial charge >= 0.3 is 0 Å². The Labute approximate surface area is 172 Å². The van der Waals surface area contributed by atoms with E-state index in [0.717, 1.165) is 42.9 Å². The summed E-state index contributed by atoms with van der Waals surface area (Å²) in [4.78, 5) is 2.92. The van der Waals surface area contributed by atoms with Crippen molar-refractivity contribution in [3.8, 4) is 0 Å². The molecular weight excluding hydrogens is 380 g/mol. The normalized spacial score (nSPS) is 27.8. The molecule has 4 nitrogen and oxygen atoms in total. The number of para-hydroxylation sites is 1. The highest BCUT2D eigenvalue weighted by Crippen LogP contribution is 2.60. The van der Waals surface area contributed by atoms with E-state index in [0.29, 0.717) is 4.90 Å². The van der Waals surface area contributed by atoms with Gasteiger partial charge in [0.2, 0.25) is 0 Å². The number of rotatable bonds is 2. The zero-order valence-corrected chi connectivity index (χ0v) is 17.3. The van der Waals surface area contributed by atoms with Gasteiger partial charge in [-0.3, -0.25) is 4.90 Å². The van der Waals surface area contributed by atoms with Crippen LogP contribution in [0, 0.1) is 6.92 Å². The smallest absolute Gasteiger partial charge is 0.268 e. The van der Waals surface area contributed by atoms with Crippen LogP contribution in [0.1, 0.15) is 30.4 Å². The van der Waals surface area contributed by atoms with Crippen LogP contribution in [-0.4, -0.2) is 32.4 Å². The summed E-state index contributed by atoms with van der Waals surface area (Å²) in [6.45, 7) is 4.10. The standard InChI is InChI=1S/C24H24N2O2S/c1-17-8-11-19(12-9-17)29(27,28)26-21-7-3-2-6-20(21)24-14-16-25-15-4-5-18(23(24)25)10-13-22(24)26/h2-3,6-13,23H,4-5,14-16H2,1H3/t23-,24-/m0/s1. The molecule has 29 heavy (non-hydrogen) atoms. The fourth-order valence-electron chi connectivity index (χ4n) is 5.99. The van der Waals surface area contributed by atoms with E-state index < -0.39 is 10.0 Å². The van der Waals surface area contributed by atoms with Gasteiger partial charge in [0.1, 0.15) is 0 Å². The van der Waals surface area contributed by atoms with Gasteiger partial charge in [0.05, 0.1) is 16.0 Å². The van der Waals surface area contributed by atoms with Crippen molar-refractivity contribution in [1.82, 2.24) is 4.90 Å². The summed E-state index contributed by atoms with van der Waals surface area (Å²) in [5.41, 5.74) is 5.18. The number of hydrogen-bond acceptors (Lipinski definition) is 3. The van der Waals surface area contributed by atoms with E-state index in [1.807, 2.05) is 31.2 Å². The number of fused-ring (bicyclic) bond motifs is 1. The zero-order valence-electron chi connectivity index (χ0n) is 16.5. The molecule has 2 atom stereocenters. The van der Waals surface area contributed by atoms with Gasteiger partial charge in [-0.25, -0.2) is 12.7 Å². The summed E-state index contributed by atoms with van der Waals surface area (Å²) >= 11 is 0. The number of anilines is 1. The molecule has 2 fully saturated rings. The van der Waals surface area contributed by atoms with E-state index in [4.69, 9.17) is 0 Å². The van der Waals surface area contributed by atoms with Gasteiger partial charge in [0, 0.05) is 18.3 Å². The van der Waals surface area contributed by atoms with Gasteiger partial charge in [-0.1, -0.05) is 47.5 Å². The lowest BCUT2D eigenvalue weighted by molar-refractivity contribution is 0.216. The average molecular weight is 405 g/mol. The molecule has 0 N–H and O–H groups in total. The summed E-state index contributed by atoms with van der Waals surface area (Å²) in [6, 6.07) is 15.6. The fraction of sp³-hybridized carbons (Fsp3) is 0.333. The predicted molar refractivity (Wildman–Crippen MR) is 114 cm³/mol. The van der Waals surface area contributed by atoms with Crippen LogP contribution in [0.2, 0.25) is 0 Å². The number of allylic oxidation sites excluding steroid dienone is 2. The third-order valence-corrected chi connectivity index (χ3v) is 8.92. The number of aryl methyl sites for hydroxylation is 1. The average Bonchev–Trinajstić information content (AvgIpc) is 3.27. The van der Waals surface area contributed by atoms with E-state index in [-0.39, 0.29) is 11.5 Å². The Kier molecular flexibility index (Phi) is 3.52. The van der Waals surface area contributed by atoms with E-state index in [1.165, 1.54) is 17.6 Å². The number of nitrogens with zero attached hydrogens (tertiary/aromatic N) is 2. The van der Waals surface area contributed by atoms with Crippen molar-refractivity contribution in [2.75, 3.05) is 17.4 Å². The van der Waals surface area contributed by atoms with Crippen molar-refractivity contribution in [2.45, 2.75) is 42.5 Å². The summed E-state index contributed by atoms with van der Waals surface area (Å²) < 4.78 is 29.3. The van der Waals surface area contributed by atoms with Crippen LogP contribution >= 0.6 is 0 Å².